The smallest absolute Gasteiger partial charge is 0.353 e. The van der Waals surface area contributed by atoms with Gasteiger partial charge in [-0.05, 0) is 18.6 Å². The Bertz CT molecular complexity index is 1410. The molecule has 2 aromatic carbocycles. The van der Waals surface area contributed by atoms with Crippen LogP contribution in [-0.4, -0.2) is 33.1 Å². The number of carbonyl (C=O) groups is 1. The van der Waals surface area contributed by atoms with Crippen molar-refractivity contribution >= 4 is 23.0 Å². The van der Waals surface area contributed by atoms with E-state index in [2.05, 4.69) is 15.8 Å². The molecule has 1 aromatic heterocycles. The van der Waals surface area contributed by atoms with Gasteiger partial charge in [-0.2, -0.15) is 13.2 Å². The van der Waals surface area contributed by atoms with E-state index in [0.717, 1.165) is 24.3 Å². The number of carbonyl (C=O) groups excluding carboxylic acids is 1. The maximum atomic E-state index is 14.5. The number of benzene rings is 2. The Morgan fingerprint density at radius 1 is 1.06 bits per heavy atom. The Balaban J connectivity index is 1.83. The van der Waals surface area contributed by atoms with Crippen LogP contribution in [0.15, 0.2) is 53.1 Å². The number of aryl methyl sites for hydroxylation is 1. The predicted octanol–water partition coefficient (Wildman–Crippen LogP) is 4.05. The SMILES string of the molecule is Cc1noc([C@@H]2[C@@H](c3ccc([N+](=O)[O-])cc3)[C@H](C(F)(F)F)N[C@@]23C(=O)Nc2ccccc23)c1[N+](=O)[O-]. The lowest BCUT2D eigenvalue weighted by Gasteiger charge is -2.29. The van der Waals surface area contributed by atoms with Crippen LogP contribution in [0.2, 0.25) is 0 Å². The topological polar surface area (TPSA) is 153 Å². The van der Waals surface area contributed by atoms with Crippen molar-refractivity contribution in [2.75, 3.05) is 5.32 Å². The van der Waals surface area contributed by atoms with Crippen LogP contribution in [0.25, 0.3) is 0 Å². The summed E-state index contributed by atoms with van der Waals surface area (Å²) in [5, 5.41) is 31.7. The van der Waals surface area contributed by atoms with E-state index in [1.54, 1.807) is 6.07 Å². The van der Waals surface area contributed by atoms with Gasteiger partial charge in [-0.25, -0.2) is 0 Å². The van der Waals surface area contributed by atoms with E-state index in [0.29, 0.717) is 0 Å². The number of hydrogen-bond acceptors (Lipinski definition) is 8. The highest BCUT2D eigenvalue weighted by Gasteiger charge is 2.69. The lowest BCUT2D eigenvalue weighted by atomic mass is 9.71. The second kappa shape index (κ2) is 7.84. The van der Waals surface area contributed by atoms with Crippen LogP contribution in [0.4, 0.5) is 30.2 Å². The van der Waals surface area contributed by atoms with Gasteiger partial charge in [0.15, 0.2) is 5.69 Å². The summed E-state index contributed by atoms with van der Waals surface area (Å²) in [4.78, 5) is 35.0. The van der Waals surface area contributed by atoms with Crippen LogP contribution in [0, 0.1) is 27.2 Å². The summed E-state index contributed by atoms with van der Waals surface area (Å²) < 4.78 is 48.8. The number of hydrogen-bond donors (Lipinski definition) is 2. The van der Waals surface area contributed by atoms with Crippen LogP contribution in [0.3, 0.4) is 0 Å². The van der Waals surface area contributed by atoms with Gasteiger partial charge in [-0.1, -0.05) is 35.5 Å². The molecule has 36 heavy (non-hydrogen) atoms. The third-order valence-electron chi connectivity index (χ3n) is 6.69. The van der Waals surface area contributed by atoms with Crippen LogP contribution < -0.4 is 10.6 Å². The van der Waals surface area contributed by atoms with Gasteiger partial charge in [0.2, 0.25) is 11.7 Å². The van der Waals surface area contributed by atoms with Crippen LogP contribution in [0.1, 0.15) is 34.4 Å². The number of halogens is 3. The minimum atomic E-state index is -4.92. The number of rotatable bonds is 4. The van der Waals surface area contributed by atoms with Gasteiger partial charge in [0.05, 0.1) is 15.8 Å². The van der Waals surface area contributed by atoms with Crippen molar-refractivity contribution in [1.82, 2.24) is 10.5 Å². The van der Waals surface area contributed by atoms with E-state index in [1.807, 2.05) is 0 Å². The van der Waals surface area contributed by atoms with Gasteiger partial charge >= 0.3 is 11.9 Å². The molecule has 0 saturated carbocycles. The fourth-order valence-electron chi connectivity index (χ4n) is 5.27. The molecular weight excluding hydrogens is 487 g/mol. The lowest BCUT2D eigenvalue weighted by Crippen LogP contribution is -2.52. The van der Waals surface area contributed by atoms with E-state index in [-0.39, 0.29) is 28.2 Å². The van der Waals surface area contributed by atoms with Gasteiger partial charge in [0.1, 0.15) is 11.6 Å². The standard InChI is InChI=1S/C22H16F3N5O6/c1-10-17(30(34)35)18(36-28-10)16-15(11-6-8-12(9-7-11)29(32)33)19(22(23,24)25)27-21(16)13-4-2-3-5-14(13)26-20(21)31/h2-9,15-16,19,27H,1H3,(H,26,31)/t15-,16+,19-,21-/m1/s1. The Kier molecular flexibility index (Phi) is 5.10. The van der Waals surface area contributed by atoms with E-state index in [4.69, 9.17) is 4.52 Å². The van der Waals surface area contributed by atoms with Crippen molar-refractivity contribution in [3.8, 4) is 0 Å². The fourth-order valence-corrected chi connectivity index (χ4v) is 5.27. The number of nitro benzene ring substituents is 1. The number of non-ortho nitro benzene ring substituents is 1. The second-order valence-corrected chi connectivity index (χ2v) is 8.56. The molecular formula is C22H16F3N5O6. The summed E-state index contributed by atoms with van der Waals surface area (Å²) in [7, 11) is 0. The first-order valence-corrected chi connectivity index (χ1v) is 10.6. The molecule has 1 spiro atoms. The quantitative estimate of drug-likeness (QED) is 0.399. The minimum absolute atomic E-state index is 0.0298. The zero-order chi connectivity index (χ0) is 26.0. The van der Waals surface area contributed by atoms with Crippen molar-refractivity contribution in [3.05, 3.63) is 91.3 Å². The molecule has 14 heteroatoms. The molecule has 3 heterocycles. The molecule has 4 atom stereocenters. The highest BCUT2D eigenvalue weighted by Crippen LogP contribution is 2.60. The Morgan fingerprint density at radius 2 is 1.72 bits per heavy atom. The predicted molar refractivity (Wildman–Crippen MR) is 116 cm³/mol. The van der Waals surface area contributed by atoms with E-state index < -0.39 is 56.8 Å². The molecule has 2 N–H and O–H groups in total. The number of aromatic nitrogens is 1. The van der Waals surface area contributed by atoms with Gasteiger partial charge in [-0.15, -0.1) is 0 Å². The monoisotopic (exact) mass is 503 g/mol. The molecule has 0 unspecified atom stereocenters. The summed E-state index contributed by atoms with van der Waals surface area (Å²) in [6, 6.07) is 8.05. The molecule has 1 fully saturated rings. The normalized spacial score (nSPS) is 25.1. The number of nitrogens with one attached hydrogen (secondary N) is 2. The maximum absolute atomic E-state index is 14.5. The summed E-state index contributed by atoms with van der Waals surface area (Å²) in [5.74, 6) is -4.59. The van der Waals surface area contributed by atoms with Crippen LogP contribution in [-0.2, 0) is 10.3 Å². The number of para-hydroxylation sites is 1. The van der Waals surface area contributed by atoms with Gasteiger partial charge in [-0.3, -0.25) is 30.3 Å². The lowest BCUT2D eigenvalue weighted by molar-refractivity contribution is -0.386. The Morgan fingerprint density at radius 3 is 2.33 bits per heavy atom. The van der Waals surface area contributed by atoms with Crippen molar-refractivity contribution in [1.29, 1.82) is 0 Å². The first kappa shape index (κ1) is 23.4. The zero-order valence-electron chi connectivity index (χ0n) is 18.3. The third-order valence-corrected chi connectivity index (χ3v) is 6.69. The molecule has 11 nitrogen and oxygen atoms in total. The molecule has 0 aliphatic carbocycles. The molecule has 2 aliphatic heterocycles. The van der Waals surface area contributed by atoms with E-state index in [9.17, 15) is 38.2 Å². The van der Waals surface area contributed by atoms with E-state index in [1.165, 1.54) is 25.1 Å². The van der Waals surface area contributed by atoms with Crippen LogP contribution >= 0.6 is 0 Å². The first-order chi connectivity index (χ1) is 17.0. The van der Waals surface area contributed by atoms with Crippen LogP contribution in [0.5, 0.6) is 0 Å². The molecule has 1 amide bonds. The summed E-state index contributed by atoms with van der Waals surface area (Å²) in [5.41, 5.74) is -2.92. The molecule has 3 aromatic rings. The molecule has 2 aliphatic rings. The van der Waals surface area contributed by atoms with E-state index >= 15 is 0 Å². The van der Waals surface area contributed by atoms with Crippen molar-refractivity contribution in [3.63, 3.8) is 0 Å². The average molecular weight is 503 g/mol. The summed E-state index contributed by atoms with van der Waals surface area (Å²) >= 11 is 0. The highest BCUT2D eigenvalue weighted by molar-refractivity contribution is 6.07. The first-order valence-electron chi connectivity index (χ1n) is 10.6. The molecule has 1 saturated heterocycles. The number of anilines is 1. The van der Waals surface area contributed by atoms with Gasteiger partial charge in [0.25, 0.3) is 5.69 Å². The number of fused-ring (bicyclic) bond motifs is 2. The Labute approximate surface area is 199 Å². The molecule has 0 bridgehead atoms. The maximum Gasteiger partial charge on any atom is 0.404 e. The average Bonchev–Trinajstić information content (AvgIpc) is 3.46. The molecule has 186 valence electrons. The van der Waals surface area contributed by atoms with Crippen molar-refractivity contribution in [2.45, 2.75) is 36.5 Å². The number of nitro groups is 2. The van der Waals surface area contributed by atoms with Crippen molar-refractivity contribution in [2.24, 2.45) is 0 Å². The zero-order valence-corrected chi connectivity index (χ0v) is 18.3. The molecule has 5 rings (SSSR count). The fraction of sp³-hybridized carbons (Fsp3) is 0.273. The highest BCUT2D eigenvalue weighted by atomic mass is 19.4. The second-order valence-electron chi connectivity index (χ2n) is 8.56. The number of nitrogens with zero attached hydrogens (tertiary/aromatic N) is 3. The summed E-state index contributed by atoms with van der Waals surface area (Å²) in [6.45, 7) is 1.27. The third kappa shape index (κ3) is 3.25. The number of alkyl halides is 3. The van der Waals surface area contributed by atoms with Gasteiger partial charge in [0, 0.05) is 29.3 Å². The van der Waals surface area contributed by atoms with Gasteiger partial charge < -0.3 is 9.84 Å². The number of amides is 1. The minimum Gasteiger partial charge on any atom is -0.353 e. The molecule has 0 radical (unpaired) electrons. The Hall–Kier alpha value is -4.33. The van der Waals surface area contributed by atoms with Crippen molar-refractivity contribution < 1.29 is 32.3 Å². The largest absolute Gasteiger partial charge is 0.404 e. The summed E-state index contributed by atoms with van der Waals surface area (Å²) in [6.07, 6.45) is -4.92.